The molecule has 0 aliphatic heterocycles. The van der Waals surface area contributed by atoms with Crippen LogP contribution in [0.1, 0.15) is 6.92 Å². The van der Waals surface area contributed by atoms with Crippen LogP contribution in [0, 0.1) is 10.1 Å². The minimum absolute atomic E-state index is 0.0294. The zero-order valence-corrected chi connectivity index (χ0v) is 12.1. The summed E-state index contributed by atoms with van der Waals surface area (Å²) in [6, 6.07) is 2.14. The van der Waals surface area contributed by atoms with Gasteiger partial charge in [0.1, 0.15) is 5.69 Å². The summed E-state index contributed by atoms with van der Waals surface area (Å²) < 4.78 is 26.3. The molecule has 0 spiro atoms. The van der Waals surface area contributed by atoms with Gasteiger partial charge >= 0.3 is 0 Å². The van der Waals surface area contributed by atoms with Crippen LogP contribution in [0.5, 0.6) is 0 Å². The molecule has 1 amide bonds. The lowest BCUT2D eigenvalue weighted by atomic mass is 10.3. The summed E-state index contributed by atoms with van der Waals surface area (Å²) in [5.74, 6) is 4.58. The Morgan fingerprint density at radius 3 is 2.52 bits per heavy atom. The van der Waals surface area contributed by atoms with Gasteiger partial charge in [-0.05, 0) is 19.1 Å². The summed E-state index contributed by atoms with van der Waals surface area (Å²) >= 11 is 0. The Morgan fingerprint density at radius 1 is 1.43 bits per heavy atom. The molecule has 0 aliphatic rings. The van der Waals surface area contributed by atoms with Crippen molar-refractivity contribution in [3.63, 3.8) is 0 Å². The Hall–Kier alpha value is -2.24. The highest BCUT2D eigenvalue weighted by Crippen LogP contribution is 2.26. The summed E-state index contributed by atoms with van der Waals surface area (Å²) in [4.78, 5) is 21.1. The van der Waals surface area contributed by atoms with E-state index in [1.165, 1.54) is 14.0 Å². The first-order valence-electron chi connectivity index (χ1n) is 5.72. The maximum Gasteiger partial charge on any atom is 0.294 e. The Morgan fingerprint density at radius 2 is 2.05 bits per heavy atom. The van der Waals surface area contributed by atoms with Gasteiger partial charge in [0.2, 0.25) is 15.9 Å². The summed E-state index contributed by atoms with van der Waals surface area (Å²) in [6.07, 6.45) is 0. The molecule has 11 heteroatoms. The molecule has 116 valence electrons. The van der Waals surface area contributed by atoms with Gasteiger partial charge in [-0.1, -0.05) is 0 Å². The largest absolute Gasteiger partial charge is 0.358 e. The molecule has 0 radical (unpaired) electrons. The zero-order valence-electron chi connectivity index (χ0n) is 11.3. The smallest absolute Gasteiger partial charge is 0.294 e. The fraction of sp³-hybridized carbons (Fsp3) is 0.300. The van der Waals surface area contributed by atoms with E-state index >= 15 is 0 Å². The van der Waals surface area contributed by atoms with Crippen molar-refractivity contribution in [2.45, 2.75) is 17.9 Å². The van der Waals surface area contributed by atoms with E-state index in [0.717, 1.165) is 18.2 Å². The van der Waals surface area contributed by atoms with Gasteiger partial charge in [0, 0.05) is 13.1 Å². The molecule has 21 heavy (non-hydrogen) atoms. The molecule has 0 saturated heterocycles. The number of nitrogens with zero attached hydrogens (tertiary/aromatic N) is 1. The highest BCUT2D eigenvalue weighted by atomic mass is 32.2. The lowest BCUT2D eigenvalue weighted by Gasteiger charge is -2.13. The van der Waals surface area contributed by atoms with E-state index in [4.69, 9.17) is 5.84 Å². The summed E-state index contributed by atoms with van der Waals surface area (Å²) in [5, 5.41) is 13.2. The molecule has 0 bridgehead atoms. The van der Waals surface area contributed by atoms with Gasteiger partial charge in [0.15, 0.2) is 0 Å². The number of nitro benzene ring substituents is 1. The van der Waals surface area contributed by atoms with Crippen LogP contribution in [0.15, 0.2) is 23.1 Å². The number of hydrogen-bond donors (Lipinski definition) is 4. The first kappa shape index (κ1) is 16.8. The molecule has 10 nitrogen and oxygen atoms in total. The highest BCUT2D eigenvalue weighted by Gasteiger charge is 2.24. The van der Waals surface area contributed by atoms with E-state index in [0.29, 0.717) is 0 Å². The number of hydrogen-bond acceptors (Lipinski definition) is 7. The second kappa shape index (κ2) is 6.47. The maximum atomic E-state index is 12.1. The minimum atomic E-state index is -4.08. The van der Waals surface area contributed by atoms with Crippen molar-refractivity contribution in [3.05, 3.63) is 28.3 Å². The molecule has 5 N–H and O–H groups in total. The Balaban J connectivity index is 3.18. The predicted octanol–water partition coefficient (Wildman–Crippen LogP) is -0.707. The van der Waals surface area contributed by atoms with E-state index in [9.17, 15) is 23.3 Å². The first-order chi connectivity index (χ1) is 9.72. The van der Waals surface area contributed by atoms with Crippen LogP contribution in [-0.4, -0.2) is 32.3 Å². The summed E-state index contributed by atoms with van der Waals surface area (Å²) in [5.41, 5.74) is 1.58. The Labute approximate surface area is 120 Å². The van der Waals surface area contributed by atoms with Crippen molar-refractivity contribution in [1.82, 2.24) is 10.0 Å². The van der Waals surface area contributed by atoms with E-state index in [1.807, 2.05) is 0 Å². The van der Waals surface area contributed by atoms with Crippen molar-refractivity contribution in [3.8, 4) is 0 Å². The predicted molar refractivity (Wildman–Crippen MR) is 74.8 cm³/mol. The number of likely N-dealkylation sites (N-methyl/N-ethyl adjacent to an activating group) is 1. The standard InChI is InChI=1S/C10H15N5O5S/c1-6(10(16)12-2)14-21(19,20)7-3-4-8(13-11)9(5-7)15(17)18/h3-6,13-14H,11H2,1-2H3,(H,12,16). The average molecular weight is 317 g/mol. The van der Waals surface area contributed by atoms with Crippen LogP contribution in [0.25, 0.3) is 0 Å². The number of benzene rings is 1. The normalized spacial score (nSPS) is 12.5. The fourth-order valence-electron chi connectivity index (χ4n) is 1.52. The van der Waals surface area contributed by atoms with E-state index in [1.54, 1.807) is 0 Å². The van der Waals surface area contributed by atoms with Crippen molar-refractivity contribution in [2.24, 2.45) is 5.84 Å². The molecule has 0 heterocycles. The number of nitro groups is 1. The second-order valence-corrected chi connectivity index (χ2v) is 5.75. The number of carbonyl (C=O) groups excluding carboxylic acids is 1. The van der Waals surface area contributed by atoms with Gasteiger partial charge in [0.05, 0.1) is 15.9 Å². The quantitative estimate of drug-likeness (QED) is 0.307. The second-order valence-electron chi connectivity index (χ2n) is 4.04. The van der Waals surface area contributed by atoms with Crippen LogP contribution in [0.3, 0.4) is 0 Å². The summed E-state index contributed by atoms with van der Waals surface area (Å²) in [6.45, 7) is 1.35. The number of nitrogen functional groups attached to an aromatic ring is 1. The monoisotopic (exact) mass is 317 g/mol. The highest BCUT2D eigenvalue weighted by molar-refractivity contribution is 7.89. The molecule has 0 aromatic heterocycles. The molecule has 1 unspecified atom stereocenters. The minimum Gasteiger partial charge on any atom is -0.358 e. The number of sulfonamides is 1. The van der Waals surface area contributed by atoms with Crippen LogP contribution in [-0.2, 0) is 14.8 Å². The zero-order chi connectivity index (χ0) is 16.2. The van der Waals surface area contributed by atoms with Gasteiger partial charge in [-0.15, -0.1) is 0 Å². The molecule has 1 atom stereocenters. The van der Waals surface area contributed by atoms with Crippen molar-refractivity contribution in [2.75, 3.05) is 12.5 Å². The van der Waals surface area contributed by atoms with Crippen LogP contribution in [0.2, 0.25) is 0 Å². The lowest BCUT2D eigenvalue weighted by Crippen LogP contribution is -2.43. The fourth-order valence-corrected chi connectivity index (χ4v) is 2.75. The third-order valence-electron chi connectivity index (χ3n) is 2.60. The number of hydrazine groups is 1. The van der Waals surface area contributed by atoms with Crippen LogP contribution >= 0.6 is 0 Å². The van der Waals surface area contributed by atoms with Gasteiger partial charge in [-0.3, -0.25) is 20.8 Å². The van der Waals surface area contributed by atoms with E-state index in [2.05, 4.69) is 15.5 Å². The van der Waals surface area contributed by atoms with Gasteiger partial charge in [0.25, 0.3) is 5.69 Å². The van der Waals surface area contributed by atoms with E-state index in [-0.39, 0.29) is 10.6 Å². The molecule has 0 saturated carbocycles. The molecule has 1 aromatic carbocycles. The van der Waals surface area contributed by atoms with Crippen LogP contribution in [0.4, 0.5) is 11.4 Å². The molecule has 0 aliphatic carbocycles. The third-order valence-corrected chi connectivity index (χ3v) is 4.14. The number of anilines is 1. The first-order valence-corrected chi connectivity index (χ1v) is 7.20. The maximum absolute atomic E-state index is 12.1. The number of rotatable bonds is 6. The van der Waals surface area contributed by atoms with Crippen molar-refractivity contribution in [1.29, 1.82) is 0 Å². The SMILES string of the molecule is CNC(=O)C(C)NS(=O)(=O)c1ccc(NN)c([N+](=O)[O-])c1. The van der Waals surface area contributed by atoms with Crippen molar-refractivity contribution < 1.29 is 18.1 Å². The van der Waals surface area contributed by atoms with Crippen LogP contribution < -0.4 is 21.3 Å². The molecule has 1 aromatic rings. The lowest BCUT2D eigenvalue weighted by molar-refractivity contribution is -0.384. The topological polar surface area (TPSA) is 156 Å². The molecular formula is C10H15N5O5S. The summed E-state index contributed by atoms with van der Waals surface area (Å²) in [7, 11) is -2.72. The number of carbonyl (C=O) groups is 1. The Bertz CT molecular complexity index is 660. The number of nitrogens with one attached hydrogen (secondary N) is 3. The average Bonchev–Trinajstić information content (AvgIpc) is 2.44. The Kier molecular flexibility index (Phi) is 5.18. The number of amides is 1. The van der Waals surface area contributed by atoms with E-state index < -0.39 is 32.6 Å². The molecule has 1 rings (SSSR count). The molecular weight excluding hydrogens is 302 g/mol. The van der Waals surface area contributed by atoms with Gasteiger partial charge in [-0.2, -0.15) is 4.72 Å². The van der Waals surface area contributed by atoms with Gasteiger partial charge < -0.3 is 10.7 Å². The van der Waals surface area contributed by atoms with Gasteiger partial charge in [-0.25, -0.2) is 8.42 Å². The third kappa shape index (κ3) is 3.87. The van der Waals surface area contributed by atoms with Crippen molar-refractivity contribution >= 4 is 27.3 Å². The number of nitrogens with two attached hydrogens (primary N) is 1. The molecule has 0 fully saturated rings.